The number of piperazine rings is 1. The lowest BCUT2D eigenvalue weighted by atomic mass is 10.2. The molecule has 0 atom stereocenters. The Kier molecular flexibility index (Phi) is 11.9. The van der Waals surface area contributed by atoms with Crippen molar-refractivity contribution >= 4 is 48.6 Å². The second-order valence-electron chi connectivity index (χ2n) is 5.27. The van der Waals surface area contributed by atoms with Crippen LogP contribution in [0.1, 0.15) is 20.8 Å². The first-order chi connectivity index (χ1) is 9.11. The van der Waals surface area contributed by atoms with Gasteiger partial charge in [0.15, 0.2) is 0 Å². The van der Waals surface area contributed by atoms with E-state index in [1.54, 1.807) is 0 Å². The topological polar surface area (TPSA) is 41.7 Å². The van der Waals surface area contributed by atoms with Crippen LogP contribution in [0.15, 0.2) is 18.2 Å². The molecule has 0 radical (unpaired) electrons. The molecular formula is C15H28Cl3N3O. The van der Waals surface area contributed by atoms with Crippen LogP contribution in [0.2, 0.25) is 0 Å². The molecule has 1 aromatic rings. The number of nitrogen functional groups attached to an aromatic ring is 1. The zero-order valence-electron chi connectivity index (χ0n) is 13.4. The molecule has 0 aromatic heterocycles. The SMILES string of the molecule is CCOc1cc(N2CCN(C(C)C)CC2)ccc1N.Cl.Cl.Cl. The average molecular weight is 373 g/mol. The number of halogens is 3. The third kappa shape index (κ3) is 5.92. The maximum Gasteiger partial charge on any atom is 0.144 e. The Balaban J connectivity index is 0. The summed E-state index contributed by atoms with van der Waals surface area (Å²) in [5.41, 5.74) is 7.84. The van der Waals surface area contributed by atoms with Crippen molar-refractivity contribution in [1.82, 2.24) is 4.90 Å². The van der Waals surface area contributed by atoms with Gasteiger partial charge in [0.2, 0.25) is 0 Å². The fourth-order valence-electron chi connectivity index (χ4n) is 2.50. The molecule has 0 amide bonds. The van der Waals surface area contributed by atoms with E-state index in [0.717, 1.165) is 31.9 Å². The number of anilines is 2. The van der Waals surface area contributed by atoms with Crippen molar-refractivity contribution in [3.05, 3.63) is 18.2 Å². The highest BCUT2D eigenvalue weighted by atomic mass is 35.5. The summed E-state index contributed by atoms with van der Waals surface area (Å²) in [6.45, 7) is 11.5. The standard InChI is InChI=1S/C15H25N3O.3ClH/c1-4-19-15-11-13(5-6-14(15)16)18-9-7-17(8-10-18)12(2)3;;;/h5-6,11-12H,4,7-10,16H2,1-3H3;3*1H. The van der Waals surface area contributed by atoms with Gasteiger partial charge in [-0.15, -0.1) is 37.2 Å². The van der Waals surface area contributed by atoms with Gasteiger partial charge < -0.3 is 15.4 Å². The molecular weight excluding hydrogens is 345 g/mol. The lowest BCUT2D eigenvalue weighted by molar-refractivity contribution is 0.209. The molecule has 1 heterocycles. The highest BCUT2D eigenvalue weighted by molar-refractivity contribution is 5.86. The lowest BCUT2D eigenvalue weighted by Crippen LogP contribution is -2.48. The average Bonchev–Trinajstić information content (AvgIpc) is 2.41. The van der Waals surface area contributed by atoms with E-state index in [-0.39, 0.29) is 37.2 Å². The van der Waals surface area contributed by atoms with Gasteiger partial charge in [-0.3, -0.25) is 4.90 Å². The lowest BCUT2D eigenvalue weighted by Gasteiger charge is -2.38. The zero-order valence-corrected chi connectivity index (χ0v) is 15.9. The molecule has 0 spiro atoms. The van der Waals surface area contributed by atoms with Crippen LogP contribution in [0.25, 0.3) is 0 Å². The Hall–Kier alpha value is -0.550. The molecule has 0 unspecified atom stereocenters. The maximum absolute atomic E-state index is 5.92. The van der Waals surface area contributed by atoms with Gasteiger partial charge in [-0.2, -0.15) is 0 Å². The van der Waals surface area contributed by atoms with Crippen LogP contribution in [0, 0.1) is 0 Å². The third-order valence-corrected chi connectivity index (χ3v) is 3.71. The first kappa shape index (κ1) is 23.7. The van der Waals surface area contributed by atoms with E-state index in [4.69, 9.17) is 10.5 Å². The molecule has 1 aliphatic rings. The smallest absolute Gasteiger partial charge is 0.144 e. The van der Waals surface area contributed by atoms with Gasteiger partial charge in [0.1, 0.15) is 5.75 Å². The quantitative estimate of drug-likeness (QED) is 0.822. The van der Waals surface area contributed by atoms with Crippen LogP contribution in [0.5, 0.6) is 5.75 Å². The predicted octanol–water partition coefficient (Wildman–Crippen LogP) is 3.46. The van der Waals surface area contributed by atoms with E-state index in [1.807, 2.05) is 13.0 Å². The van der Waals surface area contributed by atoms with Crippen LogP contribution in [-0.4, -0.2) is 43.7 Å². The summed E-state index contributed by atoms with van der Waals surface area (Å²) in [7, 11) is 0. The minimum Gasteiger partial charge on any atom is -0.492 e. The molecule has 1 fully saturated rings. The molecule has 0 saturated carbocycles. The van der Waals surface area contributed by atoms with E-state index in [0.29, 0.717) is 18.3 Å². The third-order valence-electron chi connectivity index (χ3n) is 3.71. The van der Waals surface area contributed by atoms with Crippen LogP contribution in [-0.2, 0) is 0 Å². The number of hydrogen-bond donors (Lipinski definition) is 1. The highest BCUT2D eigenvalue weighted by Crippen LogP contribution is 2.28. The molecule has 0 aliphatic carbocycles. The molecule has 2 rings (SSSR count). The van der Waals surface area contributed by atoms with Gasteiger partial charge in [-0.05, 0) is 32.9 Å². The summed E-state index contributed by atoms with van der Waals surface area (Å²) >= 11 is 0. The van der Waals surface area contributed by atoms with Gasteiger partial charge in [-0.25, -0.2) is 0 Å². The highest BCUT2D eigenvalue weighted by Gasteiger charge is 2.19. The van der Waals surface area contributed by atoms with Crippen molar-refractivity contribution < 1.29 is 4.74 Å². The summed E-state index contributed by atoms with van der Waals surface area (Å²) in [6, 6.07) is 6.72. The molecule has 22 heavy (non-hydrogen) atoms. The molecule has 1 aromatic carbocycles. The first-order valence-corrected chi connectivity index (χ1v) is 7.13. The fraction of sp³-hybridized carbons (Fsp3) is 0.600. The molecule has 4 nitrogen and oxygen atoms in total. The predicted molar refractivity (Wildman–Crippen MR) is 103 cm³/mol. The summed E-state index contributed by atoms with van der Waals surface area (Å²) in [5, 5.41) is 0. The number of rotatable bonds is 4. The van der Waals surface area contributed by atoms with Crippen LogP contribution in [0.4, 0.5) is 11.4 Å². The van der Waals surface area contributed by atoms with Crippen molar-refractivity contribution in [2.45, 2.75) is 26.8 Å². The summed E-state index contributed by atoms with van der Waals surface area (Å²) in [5.74, 6) is 0.797. The van der Waals surface area contributed by atoms with E-state index in [9.17, 15) is 0 Å². The first-order valence-electron chi connectivity index (χ1n) is 7.13. The van der Waals surface area contributed by atoms with Crippen molar-refractivity contribution in [2.75, 3.05) is 43.4 Å². The van der Waals surface area contributed by atoms with E-state index in [2.05, 4.69) is 35.8 Å². The van der Waals surface area contributed by atoms with Crippen molar-refractivity contribution in [1.29, 1.82) is 0 Å². The minimum absolute atomic E-state index is 0. The minimum atomic E-state index is 0. The monoisotopic (exact) mass is 371 g/mol. The molecule has 1 aliphatic heterocycles. The Morgan fingerprint density at radius 1 is 1.09 bits per heavy atom. The molecule has 130 valence electrons. The van der Waals surface area contributed by atoms with Gasteiger partial charge in [0.05, 0.1) is 12.3 Å². The van der Waals surface area contributed by atoms with Gasteiger partial charge in [0.25, 0.3) is 0 Å². The summed E-state index contributed by atoms with van der Waals surface area (Å²) in [4.78, 5) is 4.91. The van der Waals surface area contributed by atoms with Crippen LogP contribution < -0.4 is 15.4 Å². The largest absolute Gasteiger partial charge is 0.492 e. The number of nitrogens with two attached hydrogens (primary N) is 1. The summed E-state index contributed by atoms with van der Waals surface area (Å²) in [6.07, 6.45) is 0. The number of ether oxygens (including phenoxy) is 1. The van der Waals surface area contributed by atoms with E-state index in [1.165, 1.54) is 5.69 Å². The number of benzene rings is 1. The molecule has 7 heteroatoms. The summed E-state index contributed by atoms with van der Waals surface area (Å²) < 4.78 is 5.57. The van der Waals surface area contributed by atoms with Gasteiger partial charge in [-0.1, -0.05) is 0 Å². The Bertz CT molecular complexity index is 424. The fourth-order valence-corrected chi connectivity index (χ4v) is 2.50. The normalized spacial score (nSPS) is 14.6. The van der Waals surface area contributed by atoms with Crippen molar-refractivity contribution in [2.24, 2.45) is 0 Å². The van der Waals surface area contributed by atoms with Crippen LogP contribution in [0.3, 0.4) is 0 Å². The van der Waals surface area contributed by atoms with Gasteiger partial charge >= 0.3 is 0 Å². The van der Waals surface area contributed by atoms with E-state index >= 15 is 0 Å². The molecule has 0 bridgehead atoms. The van der Waals surface area contributed by atoms with Crippen LogP contribution >= 0.6 is 37.2 Å². The molecule has 1 saturated heterocycles. The van der Waals surface area contributed by atoms with Crippen molar-refractivity contribution in [3.63, 3.8) is 0 Å². The second kappa shape index (κ2) is 11.1. The zero-order chi connectivity index (χ0) is 13.8. The maximum atomic E-state index is 5.92. The van der Waals surface area contributed by atoms with Gasteiger partial charge in [0, 0.05) is 44.0 Å². The van der Waals surface area contributed by atoms with E-state index < -0.39 is 0 Å². The molecule has 2 N–H and O–H groups in total. The number of hydrogen-bond acceptors (Lipinski definition) is 4. The Morgan fingerprint density at radius 2 is 1.68 bits per heavy atom. The Morgan fingerprint density at radius 3 is 2.18 bits per heavy atom. The van der Waals surface area contributed by atoms with Crippen molar-refractivity contribution in [3.8, 4) is 5.75 Å². The second-order valence-corrected chi connectivity index (χ2v) is 5.27. The Labute approximate surface area is 152 Å². The number of nitrogens with zero attached hydrogens (tertiary/aromatic N) is 2.